The largest absolute Gasteiger partial charge is 0.354 e. The molecule has 3 heterocycles. The van der Waals surface area contributed by atoms with E-state index >= 15 is 4.39 Å². The van der Waals surface area contributed by atoms with Crippen molar-refractivity contribution in [1.29, 1.82) is 5.26 Å². The summed E-state index contributed by atoms with van der Waals surface area (Å²) in [7, 11) is 0. The maximum Gasteiger partial charge on any atom is 0.156 e. The number of aromatic amines is 1. The van der Waals surface area contributed by atoms with Crippen LogP contribution in [0.25, 0.3) is 38.6 Å². The first-order valence-electron chi connectivity index (χ1n) is 10.7. The first-order valence-corrected chi connectivity index (χ1v) is 10.7. The van der Waals surface area contributed by atoms with Crippen molar-refractivity contribution in [3.05, 3.63) is 102 Å². The number of H-pyrrole nitrogens is 1. The molecule has 0 atom stereocenters. The van der Waals surface area contributed by atoms with Gasteiger partial charge in [0.05, 0.1) is 34.7 Å². The number of anilines is 1. The second-order valence-electron chi connectivity index (χ2n) is 8.03. The number of rotatable bonds is 3. The molecular formula is C27H17FN6. The highest BCUT2D eigenvalue weighted by Crippen LogP contribution is 2.35. The molecule has 2 aromatic heterocycles. The van der Waals surface area contributed by atoms with Gasteiger partial charge in [0, 0.05) is 40.2 Å². The maximum absolute atomic E-state index is 15.7. The fourth-order valence-corrected chi connectivity index (χ4v) is 4.49. The van der Waals surface area contributed by atoms with Gasteiger partial charge in [-0.2, -0.15) is 5.26 Å². The summed E-state index contributed by atoms with van der Waals surface area (Å²) in [6.07, 6.45) is 7.20. The summed E-state index contributed by atoms with van der Waals surface area (Å²) in [4.78, 5) is 5.35. The maximum atomic E-state index is 15.7. The lowest BCUT2D eigenvalue weighted by Crippen LogP contribution is -2.22. The van der Waals surface area contributed by atoms with Gasteiger partial charge in [0.25, 0.3) is 0 Å². The third-order valence-corrected chi connectivity index (χ3v) is 6.06. The van der Waals surface area contributed by atoms with Crippen LogP contribution in [0.1, 0.15) is 11.1 Å². The minimum atomic E-state index is -0.464. The first-order chi connectivity index (χ1) is 16.7. The number of aromatic nitrogens is 4. The zero-order chi connectivity index (χ0) is 23.1. The Hall–Kier alpha value is -4.83. The fraction of sp³-hybridized carbons (Fsp3) is 0.0370. The first kappa shape index (κ1) is 19.8. The number of allylic oxidation sites excluding steroid dienone is 2. The number of nitriles is 1. The molecule has 5 aromatic rings. The van der Waals surface area contributed by atoms with Gasteiger partial charge in [-0.3, -0.25) is 0 Å². The van der Waals surface area contributed by atoms with E-state index in [9.17, 15) is 5.26 Å². The van der Waals surface area contributed by atoms with Gasteiger partial charge in [0.15, 0.2) is 5.82 Å². The molecule has 1 aliphatic heterocycles. The smallest absolute Gasteiger partial charge is 0.156 e. The Kier molecular flexibility index (Phi) is 4.63. The van der Waals surface area contributed by atoms with Gasteiger partial charge in [-0.05, 0) is 41.1 Å². The molecule has 6 rings (SSSR count). The van der Waals surface area contributed by atoms with E-state index in [2.05, 4.69) is 50.7 Å². The van der Waals surface area contributed by atoms with Crippen LogP contribution in [-0.4, -0.2) is 26.9 Å². The van der Waals surface area contributed by atoms with Crippen LogP contribution in [0.5, 0.6) is 0 Å². The van der Waals surface area contributed by atoms with Gasteiger partial charge in [-0.25, -0.2) is 4.39 Å². The van der Waals surface area contributed by atoms with Gasteiger partial charge < -0.3 is 9.88 Å². The van der Waals surface area contributed by atoms with Crippen LogP contribution in [0.4, 0.5) is 10.1 Å². The van der Waals surface area contributed by atoms with Crippen LogP contribution in [0.15, 0.2) is 85.2 Å². The summed E-state index contributed by atoms with van der Waals surface area (Å²) in [5, 5.41) is 23.1. The molecule has 1 N–H and O–H groups in total. The molecule has 0 unspecified atom stereocenters. The van der Waals surface area contributed by atoms with Gasteiger partial charge in [0.1, 0.15) is 0 Å². The number of fused-ring (bicyclic) bond motifs is 3. The van der Waals surface area contributed by atoms with Gasteiger partial charge in [-0.15, -0.1) is 10.2 Å². The Labute approximate surface area is 194 Å². The Morgan fingerprint density at radius 2 is 1.88 bits per heavy atom. The molecule has 6 nitrogen and oxygen atoms in total. The van der Waals surface area contributed by atoms with Crippen molar-refractivity contribution in [2.75, 3.05) is 11.4 Å². The van der Waals surface area contributed by atoms with Crippen molar-refractivity contribution in [1.82, 2.24) is 20.4 Å². The van der Waals surface area contributed by atoms with E-state index in [-0.39, 0.29) is 5.56 Å². The van der Waals surface area contributed by atoms with Crippen LogP contribution in [0.3, 0.4) is 0 Å². The molecule has 0 spiro atoms. The zero-order valence-electron chi connectivity index (χ0n) is 17.9. The molecule has 0 aliphatic carbocycles. The highest BCUT2D eigenvalue weighted by atomic mass is 19.1. The van der Waals surface area contributed by atoms with Crippen LogP contribution in [-0.2, 0) is 0 Å². The summed E-state index contributed by atoms with van der Waals surface area (Å²) < 4.78 is 15.7. The predicted molar refractivity (Wildman–Crippen MR) is 130 cm³/mol. The number of halogens is 1. The van der Waals surface area contributed by atoms with Crippen molar-refractivity contribution >= 4 is 33.1 Å². The van der Waals surface area contributed by atoms with Crippen LogP contribution in [0, 0.1) is 17.1 Å². The summed E-state index contributed by atoms with van der Waals surface area (Å²) in [5.74, 6) is -0.464. The molecule has 7 heteroatoms. The van der Waals surface area contributed by atoms with E-state index in [0.717, 1.165) is 27.6 Å². The summed E-state index contributed by atoms with van der Waals surface area (Å²) in [5.41, 5.74) is 5.39. The standard InChI is InChI=1S/C27H17FN6/c28-26-22(24-10-11-30-33-32-24)13-17(15-29)14-25(26)34-12-4-5-18(16-34)19-7-3-8-21-20-6-1-2-9-23(20)31-27(19)21/h1-14,31H,16H2. The molecule has 34 heavy (non-hydrogen) atoms. The predicted octanol–water partition coefficient (Wildman–Crippen LogP) is 5.60. The number of para-hydroxylation sites is 2. The van der Waals surface area contributed by atoms with Gasteiger partial charge in [0.2, 0.25) is 0 Å². The lowest BCUT2D eigenvalue weighted by molar-refractivity contribution is 0.628. The monoisotopic (exact) mass is 444 g/mol. The van der Waals surface area contributed by atoms with Crippen molar-refractivity contribution in [2.45, 2.75) is 0 Å². The SMILES string of the molecule is N#Cc1cc(-c2ccnnn2)c(F)c(N2C=CC=C(c3cccc4c3[nH]c3ccccc34)C2)c1. The minimum Gasteiger partial charge on any atom is -0.354 e. The van der Waals surface area contributed by atoms with E-state index in [1.165, 1.54) is 17.6 Å². The molecule has 0 fully saturated rings. The molecule has 0 radical (unpaired) electrons. The van der Waals surface area contributed by atoms with Crippen molar-refractivity contribution in [3.8, 4) is 17.3 Å². The van der Waals surface area contributed by atoms with Gasteiger partial charge in [-0.1, -0.05) is 42.5 Å². The molecule has 3 aromatic carbocycles. The van der Waals surface area contributed by atoms with Crippen molar-refractivity contribution in [3.63, 3.8) is 0 Å². The Bertz CT molecular complexity index is 1660. The van der Waals surface area contributed by atoms with E-state index in [4.69, 9.17) is 0 Å². The normalized spacial score (nSPS) is 13.3. The molecule has 0 bridgehead atoms. The summed E-state index contributed by atoms with van der Waals surface area (Å²) in [6.45, 7) is 0.443. The fourth-order valence-electron chi connectivity index (χ4n) is 4.49. The third kappa shape index (κ3) is 3.21. The zero-order valence-corrected chi connectivity index (χ0v) is 17.9. The second kappa shape index (κ2) is 7.94. The Balaban J connectivity index is 1.43. The highest BCUT2D eigenvalue weighted by Gasteiger charge is 2.21. The Morgan fingerprint density at radius 1 is 1.00 bits per heavy atom. The van der Waals surface area contributed by atoms with E-state index in [1.54, 1.807) is 12.1 Å². The molecule has 0 saturated heterocycles. The van der Waals surface area contributed by atoms with Crippen molar-refractivity contribution < 1.29 is 4.39 Å². The lowest BCUT2D eigenvalue weighted by atomic mass is 9.99. The Morgan fingerprint density at radius 3 is 2.74 bits per heavy atom. The van der Waals surface area contributed by atoms with Crippen LogP contribution in [0.2, 0.25) is 0 Å². The van der Waals surface area contributed by atoms with Crippen LogP contribution < -0.4 is 4.90 Å². The van der Waals surface area contributed by atoms with Gasteiger partial charge >= 0.3 is 0 Å². The van der Waals surface area contributed by atoms with Crippen LogP contribution >= 0.6 is 0 Å². The average Bonchev–Trinajstić information content (AvgIpc) is 3.28. The lowest BCUT2D eigenvalue weighted by Gasteiger charge is -2.26. The number of hydrogen-bond acceptors (Lipinski definition) is 5. The summed E-state index contributed by atoms with van der Waals surface area (Å²) in [6, 6.07) is 21.2. The topological polar surface area (TPSA) is 81.5 Å². The molecular weight excluding hydrogens is 427 g/mol. The number of hydrogen-bond donors (Lipinski definition) is 1. The average molecular weight is 444 g/mol. The molecule has 162 valence electrons. The quantitative estimate of drug-likeness (QED) is 0.392. The highest BCUT2D eigenvalue weighted by molar-refractivity contribution is 6.10. The molecule has 1 aliphatic rings. The van der Waals surface area contributed by atoms with E-state index in [0.29, 0.717) is 23.5 Å². The van der Waals surface area contributed by atoms with E-state index < -0.39 is 5.82 Å². The number of benzene rings is 3. The second-order valence-corrected chi connectivity index (χ2v) is 8.03. The molecule has 0 amide bonds. The number of nitrogens with zero attached hydrogens (tertiary/aromatic N) is 5. The third-order valence-electron chi connectivity index (χ3n) is 6.06. The van der Waals surface area contributed by atoms with Crippen molar-refractivity contribution in [2.24, 2.45) is 0 Å². The van der Waals surface area contributed by atoms with E-state index in [1.807, 2.05) is 41.5 Å². The number of nitrogens with one attached hydrogen (secondary N) is 1. The minimum absolute atomic E-state index is 0.214. The summed E-state index contributed by atoms with van der Waals surface area (Å²) >= 11 is 0. The molecule has 0 saturated carbocycles.